The first-order valence-electron chi connectivity index (χ1n) is 6.96. The molecule has 0 saturated carbocycles. The fourth-order valence-electron chi connectivity index (χ4n) is 2.08. The first-order valence-corrected chi connectivity index (χ1v) is 6.96. The van der Waals surface area contributed by atoms with E-state index in [-0.39, 0.29) is 5.97 Å². The monoisotopic (exact) mass is 243 g/mol. The highest BCUT2D eigenvalue weighted by molar-refractivity contribution is 5.71. The maximum atomic E-state index is 11.3. The zero-order valence-electron chi connectivity index (χ0n) is 12.0. The van der Waals surface area contributed by atoms with Crippen molar-refractivity contribution in [3.63, 3.8) is 0 Å². The van der Waals surface area contributed by atoms with E-state index in [9.17, 15) is 4.79 Å². The highest BCUT2D eigenvalue weighted by atomic mass is 16.5. The lowest BCUT2D eigenvalue weighted by molar-refractivity contribution is -0.142. The fourth-order valence-corrected chi connectivity index (χ4v) is 2.08. The number of hydrogen-bond acceptors (Lipinski definition) is 3. The predicted molar refractivity (Wildman–Crippen MR) is 72.1 cm³/mol. The zero-order chi connectivity index (χ0) is 13.1. The summed E-state index contributed by atoms with van der Waals surface area (Å²) in [5, 5.41) is 0. The summed E-state index contributed by atoms with van der Waals surface area (Å²) in [6.45, 7) is 9.06. The Morgan fingerprint density at radius 3 is 2.41 bits per heavy atom. The van der Waals surface area contributed by atoms with E-state index in [1.165, 1.54) is 32.8 Å². The molecule has 0 fully saturated rings. The van der Waals surface area contributed by atoms with Gasteiger partial charge in [-0.05, 0) is 25.3 Å². The smallest absolute Gasteiger partial charge is 0.319 e. The van der Waals surface area contributed by atoms with E-state index in [2.05, 4.69) is 25.7 Å². The van der Waals surface area contributed by atoms with E-state index in [1.54, 1.807) is 0 Å². The van der Waals surface area contributed by atoms with Crippen LogP contribution < -0.4 is 0 Å². The molecule has 0 aromatic rings. The maximum absolute atomic E-state index is 11.3. The van der Waals surface area contributed by atoms with Crippen molar-refractivity contribution in [2.75, 3.05) is 26.7 Å². The van der Waals surface area contributed by atoms with Gasteiger partial charge in [-0.3, -0.25) is 9.69 Å². The molecule has 0 aliphatic carbocycles. The molecule has 102 valence electrons. The van der Waals surface area contributed by atoms with E-state index in [1.807, 2.05) is 0 Å². The molecule has 0 aliphatic heterocycles. The molecule has 0 aromatic carbocycles. The Hall–Kier alpha value is -0.570. The lowest BCUT2D eigenvalue weighted by Gasteiger charge is -2.25. The second kappa shape index (κ2) is 10.6. The molecule has 0 amide bonds. The van der Waals surface area contributed by atoms with Gasteiger partial charge >= 0.3 is 5.97 Å². The Bertz CT molecular complexity index is 195. The molecule has 1 atom stereocenters. The van der Waals surface area contributed by atoms with Gasteiger partial charge in [0.15, 0.2) is 0 Å². The van der Waals surface area contributed by atoms with Crippen LogP contribution in [0, 0.1) is 5.92 Å². The van der Waals surface area contributed by atoms with Crippen molar-refractivity contribution >= 4 is 5.97 Å². The summed E-state index contributed by atoms with van der Waals surface area (Å²) in [5.74, 6) is 0.593. The number of ether oxygens (including phenoxy) is 1. The lowest BCUT2D eigenvalue weighted by Crippen LogP contribution is -2.35. The Morgan fingerprint density at radius 2 is 1.94 bits per heavy atom. The summed E-state index contributed by atoms with van der Waals surface area (Å²) in [4.78, 5) is 13.5. The second-order valence-corrected chi connectivity index (χ2v) is 4.73. The maximum Gasteiger partial charge on any atom is 0.319 e. The molecule has 0 rings (SSSR count). The van der Waals surface area contributed by atoms with E-state index < -0.39 is 0 Å². The van der Waals surface area contributed by atoms with Gasteiger partial charge in [-0.15, -0.1) is 0 Å². The summed E-state index contributed by atoms with van der Waals surface area (Å²) in [6.07, 6.45) is 6.09. The molecule has 0 aromatic heterocycles. The fraction of sp³-hybridized carbons (Fsp3) is 0.929. The number of rotatable bonds is 10. The van der Waals surface area contributed by atoms with E-state index in [0.717, 1.165) is 19.5 Å². The van der Waals surface area contributed by atoms with Crippen molar-refractivity contribution < 1.29 is 9.53 Å². The van der Waals surface area contributed by atoms with E-state index >= 15 is 0 Å². The molecule has 1 unspecified atom stereocenters. The molecule has 0 aliphatic rings. The second-order valence-electron chi connectivity index (χ2n) is 4.73. The van der Waals surface area contributed by atoms with Crippen LogP contribution in [0.1, 0.15) is 52.9 Å². The van der Waals surface area contributed by atoms with E-state index in [4.69, 9.17) is 4.74 Å². The number of esters is 1. The summed E-state index contributed by atoms with van der Waals surface area (Å²) in [5.41, 5.74) is 0. The minimum absolute atomic E-state index is 0.121. The first-order chi connectivity index (χ1) is 8.17. The molecular formula is C14H29NO2. The Morgan fingerprint density at radius 1 is 1.24 bits per heavy atom. The highest BCUT2D eigenvalue weighted by Crippen LogP contribution is 2.14. The van der Waals surface area contributed by atoms with Crippen molar-refractivity contribution in [2.24, 2.45) is 5.92 Å². The summed E-state index contributed by atoms with van der Waals surface area (Å²) in [7, 11) is 1.46. The highest BCUT2D eigenvalue weighted by Gasteiger charge is 2.15. The van der Waals surface area contributed by atoms with Gasteiger partial charge in [0.2, 0.25) is 0 Å². The third-order valence-electron chi connectivity index (χ3n) is 3.18. The SMILES string of the molecule is CCCCC(CC)CN(CCC)CC(=O)OC. The third kappa shape index (κ3) is 8.19. The molecule has 17 heavy (non-hydrogen) atoms. The van der Waals surface area contributed by atoms with Crippen LogP contribution in [0.3, 0.4) is 0 Å². The van der Waals surface area contributed by atoms with Gasteiger partial charge in [-0.1, -0.05) is 40.0 Å². The lowest BCUT2D eigenvalue weighted by atomic mass is 9.98. The average Bonchev–Trinajstić information content (AvgIpc) is 2.34. The number of unbranched alkanes of at least 4 members (excludes halogenated alkanes) is 1. The van der Waals surface area contributed by atoms with Gasteiger partial charge in [0.05, 0.1) is 13.7 Å². The van der Waals surface area contributed by atoms with Crippen LogP contribution >= 0.6 is 0 Å². The minimum atomic E-state index is -0.121. The average molecular weight is 243 g/mol. The molecule has 0 spiro atoms. The molecule has 0 radical (unpaired) electrons. The summed E-state index contributed by atoms with van der Waals surface area (Å²) in [6, 6.07) is 0. The Balaban J connectivity index is 4.13. The van der Waals surface area contributed by atoms with Gasteiger partial charge < -0.3 is 4.74 Å². The Kier molecular flexibility index (Phi) is 10.2. The van der Waals surface area contributed by atoms with Gasteiger partial charge in [0, 0.05) is 6.54 Å². The van der Waals surface area contributed by atoms with Crippen molar-refractivity contribution in [2.45, 2.75) is 52.9 Å². The van der Waals surface area contributed by atoms with Crippen LogP contribution in [0.5, 0.6) is 0 Å². The minimum Gasteiger partial charge on any atom is -0.468 e. The molecule has 0 N–H and O–H groups in total. The molecule has 3 heteroatoms. The van der Waals surface area contributed by atoms with Crippen molar-refractivity contribution in [3.05, 3.63) is 0 Å². The normalized spacial score (nSPS) is 12.8. The van der Waals surface area contributed by atoms with Crippen LogP contribution in [0.2, 0.25) is 0 Å². The largest absolute Gasteiger partial charge is 0.468 e. The van der Waals surface area contributed by atoms with Crippen LogP contribution in [-0.2, 0) is 9.53 Å². The zero-order valence-corrected chi connectivity index (χ0v) is 12.0. The Labute approximate surface area is 107 Å². The van der Waals surface area contributed by atoms with Crippen molar-refractivity contribution in [1.29, 1.82) is 0 Å². The summed E-state index contributed by atoms with van der Waals surface area (Å²) >= 11 is 0. The van der Waals surface area contributed by atoms with Crippen LogP contribution in [0.4, 0.5) is 0 Å². The van der Waals surface area contributed by atoms with Crippen molar-refractivity contribution in [1.82, 2.24) is 4.90 Å². The van der Waals surface area contributed by atoms with Gasteiger partial charge in [-0.25, -0.2) is 0 Å². The molecule has 0 bridgehead atoms. The number of methoxy groups -OCH3 is 1. The van der Waals surface area contributed by atoms with Gasteiger partial charge in [0.25, 0.3) is 0 Å². The first kappa shape index (κ1) is 16.4. The van der Waals surface area contributed by atoms with Crippen LogP contribution in [-0.4, -0.2) is 37.6 Å². The van der Waals surface area contributed by atoms with Crippen LogP contribution in [0.15, 0.2) is 0 Å². The molecular weight excluding hydrogens is 214 g/mol. The van der Waals surface area contributed by atoms with Gasteiger partial charge in [0.1, 0.15) is 0 Å². The summed E-state index contributed by atoms with van der Waals surface area (Å²) < 4.78 is 4.74. The van der Waals surface area contributed by atoms with Gasteiger partial charge in [-0.2, -0.15) is 0 Å². The quantitative estimate of drug-likeness (QED) is 0.552. The van der Waals surface area contributed by atoms with Crippen LogP contribution in [0.25, 0.3) is 0 Å². The number of nitrogens with zero attached hydrogens (tertiary/aromatic N) is 1. The number of carbonyl (C=O) groups excluding carboxylic acids is 1. The molecule has 0 heterocycles. The number of carbonyl (C=O) groups is 1. The third-order valence-corrected chi connectivity index (χ3v) is 3.18. The standard InChI is InChI=1S/C14H29NO2/c1-5-8-9-13(7-3)11-15(10-6-2)12-14(16)17-4/h13H,5-12H2,1-4H3. The van der Waals surface area contributed by atoms with E-state index in [0.29, 0.717) is 12.5 Å². The van der Waals surface area contributed by atoms with Crippen molar-refractivity contribution in [3.8, 4) is 0 Å². The number of hydrogen-bond donors (Lipinski definition) is 0. The predicted octanol–water partition coefficient (Wildman–Crippen LogP) is 3.09. The molecule has 3 nitrogen and oxygen atoms in total. The molecule has 0 saturated heterocycles. The topological polar surface area (TPSA) is 29.5 Å².